The molecule has 0 aromatic rings. The molecule has 2 N–H and O–H groups in total. The van der Waals surface area contributed by atoms with Gasteiger partial charge in [0.15, 0.2) is 0 Å². The first-order chi connectivity index (χ1) is 8.95. The number of hydrogen-bond acceptors (Lipinski definition) is 4. The lowest BCUT2D eigenvalue weighted by atomic mass is 9.94. The van der Waals surface area contributed by atoms with E-state index in [0.717, 1.165) is 13.0 Å². The van der Waals surface area contributed by atoms with Crippen molar-refractivity contribution in [3.8, 4) is 0 Å². The van der Waals surface area contributed by atoms with E-state index in [-0.39, 0.29) is 12.4 Å². The molecule has 0 bridgehead atoms. The van der Waals surface area contributed by atoms with Crippen molar-refractivity contribution in [2.24, 2.45) is 11.8 Å². The van der Waals surface area contributed by atoms with Crippen LogP contribution in [-0.2, 0) is 14.9 Å². The van der Waals surface area contributed by atoms with Crippen LogP contribution < -0.4 is 10.0 Å². The molecule has 6 nitrogen and oxygen atoms in total. The van der Waals surface area contributed by atoms with Crippen molar-refractivity contribution in [3.63, 3.8) is 0 Å². The lowest BCUT2D eigenvalue weighted by Crippen LogP contribution is -2.49. The monoisotopic (exact) mass is 329 g/mol. The fourth-order valence-corrected chi connectivity index (χ4v) is 3.90. The van der Waals surface area contributed by atoms with Gasteiger partial charge in [0.2, 0.25) is 0 Å². The topological polar surface area (TPSA) is 70.7 Å². The van der Waals surface area contributed by atoms with Crippen LogP contribution in [0.1, 0.15) is 20.3 Å². The smallest absolute Gasteiger partial charge is 0.279 e. The molecule has 122 valence electrons. The van der Waals surface area contributed by atoms with E-state index >= 15 is 0 Å². The first-order valence-corrected chi connectivity index (χ1v) is 8.34. The summed E-state index contributed by atoms with van der Waals surface area (Å²) in [6, 6.07) is 0. The molecule has 0 amide bonds. The first-order valence-electron chi connectivity index (χ1n) is 6.90. The standard InChI is InChI=1S/C12H27N3O3S.ClH/c1-11-8-12(2)10-15(9-11)19(16,17)14-5-4-13-6-7-18-3;/h11-14H,4-10H2,1-3H3;1H. The Labute approximate surface area is 129 Å². The Kier molecular flexibility index (Phi) is 9.96. The summed E-state index contributed by atoms with van der Waals surface area (Å²) in [7, 11) is -1.69. The third-order valence-electron chi connectivity index (χ3n) is 3.24. The average Bonchev–Trinajstić information content (AvgIpc) is 2.32. The van der Waals surface area contributed by atoms with Gasteiger partial charge in [-0.05, 0) is 18.3 Å². The molecule has 8 heteroatoms. The summed E-state index contributed by atoms with van der Waals surface area (Å²) >= 11 is 0. The van der Waals surface area contributed by atoms with E-state index in [4.69, 9.17) is 4.74 Å². The zero-order valence-electron chi connectivity index (χ0n) is 12.6. The molecule has 1 fully saturated rings. The molecule has 0 aliphatic carbocycles. The minimum atomic E-state index is -3.33. The summed E-state index contributed by atoms with van der Waals surface area (Å²) in [5.41, 5.74) is 0. The molecule has 0 aromatic carbocycles. The molecule has 2 unspecified atom stereocenters. The second-order valence-corrected chi connectivity index (χ2v) is 7.16. The Bertz CT molecular complexity index is 344. The number of methoxy groups -OCH3 is 1. The van der Waals surface area contributed by atoms with E-state index < -0.39 is 10.2 Å². The predicted molar refractivity (Wildman–Crippen MR) is 83.4 cm³/mol. The lowest BCUT2D eigenvalue weighted by Gasteiger charge is -2.33. The minimum absolute atomic E-state index is 0. The van der Waals surface area contributed by atoms with Crippen LogP contribution in [0, 0.1) is 11.8 Å². The highest BCUT2D eigenvalue weighted by Gasteiger charge is 2.29. The van der Waals surface area contributed by atoms with Crippen LogP contribution in [0.15, 0.2) is 0 Å². The number of nitrogens with one attached hydrogen (secondary N) is 2. The summed E-state index contributed by atoms with van der Waals surface area (Å²) in [5, 5.41) is 3.11. The van der Waals surface area contributed by atoms with Crippen LogP contribution in [0.25, 0.3) is 0 Å². The Morgan fingerprint density at radius 3 is 2.30 bits per heavy atom. The number of hydrogen-bond donors (Lipinski definition) is 2. The van der Waals surface area contributed by atoms with Gasteiger partial charge in [-0.15, -0.1) is 12.4 Å². The Morgan fingerprint density at radius 2 is 1.75 bits per heavy atom. The molecular weight excluding hydrogens is 302 g/mol. The Balaban J connectivity index is 0.00000361. The molecule has 2 atom stereocenters. The second kappa shape index (κ2) is 9.92. The molecule has 1 aliphatic heterocycles. The van der Waals surface area contributed by atoms with Crippen molar-refractivity contribution in [1.29, 1.82) is 0 Å². The van der Waals surface area contributed by atoms with Gasteiger partial charge in [0.25, 0.3) is 10.2 Å². The van der Waals surface area contributed by atoms with Gasteiger partial charge in [0.1, 0.15) is 0 Å². The zero-order valence-corrected chi connectivity index (χ0v) is 14.2. The highest BCUT2D eigenvalue weighted by molar-refractivity contribution is 7.87. The maximum atomic E-state index is 12.1. The van der Waals surface area contributed by atoms with Crippen LogP contribution in [0.5, 0.6) is 0 Å². The van der Waals surface area contributed by atoms with Crippen LogP contribution in [0.2, 0.25) is 0 Å². The maximum Gasteiger partial charge on any atom is 0.279 e. The van der Waals surface area contributed by atoms with Crippen molar-refractivity contribution < 1.29 is 13.2 Å². The maximum absolute atomic E-state index is 12.1. The normalized spacial score (nSPS) is 24.4. The molecule has 20 heavy (non-hydrogen) atoms. The van der Waals surface area contributed by atoms with E-state index in [0.29, 0.717) is 44.6 Å². The van der Waals surface area contributed by atoms with Gasteiger partial charge in [-0.2, -0.15) is 12.7 Å². The largest absolute Gasteiger partial charge is 0.383 e. The van der Waals surface area contributed by atoms with E-state index in [9.17, 15) is 8.42 Å². The number of piperidine rings is 1. The molecule has 1 rings (SSSR count). The molecule has 0 aromatic heterocycles. The van der Waals surface area contributed by atoms with Gasteiger partial charge >= 0.3 is 0 Å². The summed E-state index contributed by atoms with van der Waals surface area (Å²) in [4.78, 5) is 0. The molecular formula is C12H28ClN3O3S. The number of halogens is 1. The molecule has 0 radical (unpaired) electrons. The fourth-order valence-electron chi connectivity index (χ4n) is 2.46. The second-order valence-electron chi connectivity index (χ2n) is 5.41. The van der Waals surface area contributed by atoms with Crippen molar-refractivity contribution in [1.82, 2.24) is 14.3 Å². The zero-order chi connectivity index (χ0) is 14.3. The third kappa shape index (κ3) is 7.19. The molecule has 1 aliphatic rings. The first kappa shape index (κ1) is 20.1. The van der Waals surface area contributed by atoms with E-state index in [1.54, 1.807) is 11.4 Å². The SMILES string of the molecule is COCCNCCNS(=O)(=O)N1CC(C)CC(C)C1.Cl. The fraction of sp³-hybridized carbons (Fsp3) is 1.00. The minimum Gasteiger partial charge on any atom is -0.383 e. The quantitative estimate of drug-likeness (QED) is 0.635. The Hall–Kier alpha value is 0.0800. The van der Waals surface area contributed by atoms with Crippen LogP contribution in [0.3, 0.4) is 0 Å². The van der Waals surface area contributed by atoms with E-state index in [1.165, 1.54) is 0 Å². The van der Waals surface area contributed by atoms with Gasteiger partial charge in [0, 0.05) is 39.8 Å². The van der Waals surface area contributed by atoms with Gasteiger partial charge in [-0.1, -0.05) is 13.8 Å². The van der Waals surface area contributed by atoms with Crippen LogP contribution in [-0.4, -0.2) is 59.2 Å². The summed E-state index contributed by atoms with van der Waals surface area (Å²) < 4.78 is 33.4. The van der Waals surface area contributed by atoms with Crippen molar-refractivity contribution >= 4 is 22.6 Å². The summed E-state index contributed by atoms with van der Waals surface area (Å²) in [6.45, 7) is 7.83. The molecule has 1 heterocycles. The van der Waals surface area contributed by atoms with Gasteiger partial charge in [-0.25, -0.2) is 4.72 Å². The highest BCUT2D eigenvalue weighted by Crippen LogP contribution is 2.22. The van der Waals surface area contributed by atoms with Gasteiger partial charge in [0.05, 0.1) is 6.61 Å². The van der Waals surface area contributed by atoms with Crippen molar-refractivity contribution in [2.75, 3.05) is 46.4 Å². The van der Waals surface area contributed by atoms with E-state index in [2.05, 4.69) is 23.9 Å². The Morgan fingerprint density at radius 1 is 1.15 bits per heavy atom. The van der Waals surface area contributed by atoms with Crippen molar-refractivity contribution in [2.45, 2.75) is 20.3 Å². The summed E-state index contributed by atoms with van der Waals surface area (Å²) in [5.74, 6) is 0.861. The number of rotatable bonds is 8. The molecule has 0 saturated carbocycles. The number of ether oxygens (including phenoxy) is 1. The van der Waals surface area contributed by atoms with Crippen LogP contribution in [0.4, 0.5) is 0 Å². The van der Waals surface area contributed by atoms with E-state index in [1.807, 2.05) is 0 Å². The lowest BCUT2D eigenvalue weighted by molar-refractivity contribution is 0.199. The molecule has 1 saturated heterocycles. The van der Waals surface area contributed by atoms with Crippen LogP contribution >= 0.6 is 12.4 Å². The molecule has 0 spiro atoms. The average molecular weight is 330 g/mol. The highest BCUT2D eigenvalue weighted by atomic mass is 35.5. The van der Waals surface area contributed by atoms with Gasteiger partial charge in [-0.3, -0.25) is 0 Å². The van der Waals surface area contributed by atoms with Crippen molar-refractivity contribution in [3.05, 3.63) is 0 Å². The third-order valence-corrected chi connectivity index (χ3v) is 4.79. The summed E-state index contributed by atoms with van der Waals surface area (Å²) in [6.07, 6.45) is 1.10. The number of nitrogens with zero attached hydrogens (tertiary/aromatic N) is 1. The van der Waals surface area contributed by atoms with Gasteiger partial charge < -0.3 is 10.1 Å². The predicted octanol–water partition coefficient (Wildman–Crippen LogP) is 0.457.